The van der Waals surface area contributed by atoms with E-state index in [0.29, 0.717) is 6.54 Å². The Balaban J connectivity index is 2.50. The van der Waals surface area contributed by atoms with Crippen LogP contribution in [0.5, 0.6) is 5.75 Å². The maximum absolute atomic E-state index is 5.84. The van der Waals surface area contributed by atoms with E-state index in [9.17, 15) is 0 Å². The summed E-state index contributed by atoms with van der Waals surface area (Å²) >= 11 is 0. The van der Waals surface area contributed by atoms with Crippen molar-refractivity contribution in [2.45, 2.75) is 13.5 Å². The second-order valence-electron chi connectivity index (χ2n) is 4.37. The average molecular weight is 257 g/mol. The third-order valence-electron chi connectivity index (χ3n) is 3.24. The van der Waals surface area contributed by atoms with Crippen molar-refractivity contribution in [3.05, 3.63) is 47.7 Å². The SMILES string of the molecule is COc1ccccc1N(C)c1nccc(C)c1CN. The molecule has 19 heavy (non-hydrogen) atoms. The van der Waals surface area contributed by atoms with Gasteiger partial charge >= 0.3 is 0 Å². The largest absolute Gasteiger partial charge is 0.495 e. The van der Waals surface area contributed by atoms with E-state index in [-0.39, 0.29) is 0 Å². The topological polar surface area (TPSA) is 51.4 Å². The van der Waals surface area contributed by atoms with Crippen molar-refractivity contribution in [2.75, 3.05) is 19.1 Å². The van der Waals surface area contributed by atoms with Gasteiger partial charge in [0.05, 0.1) is 12.8 Å². The first-order valence-corrected chi connectivity index (χ1v) is 6.20. The fourth-order valence-electron chi connectivity index (χ4n) is 2.14. The van der Waals surface area contributed by atoms with Crippen molar-refractivity contribution in [3.8, 4) is 5.75 Å². The molecule has 0 atom stereocenters. The van der Waals surface area contributed by atoms with Crippen LogP contribution in [0.4, 0.5) is 11.5 Å². The zero-order valence-electron chi connectivity index (χ0n) is 11.6. The van der Waals surface area contributed by atoms with Crippen LogP contribution in [0, 0.1) is 6.92 Å². The lowest BCUT2D eigenvalue weighted by Crippen LogP contribution is -2.16. The van der Waals surface area contributed by atoms with Crippen LogP contribution in [0.2, 0.25) is 0 Å². The van der Waals surface area contributed by atoms with Gasteiger partial charge in [0.15, 0.2) is 0 Å². The molecule has 0 bridgehead atoms. The molecule has 0 unspecified atom stereocenters. The number of methoxy groups -OCH3 is 1. The Hall–Kier alpha value is -2.07. The third-order valence-corrected chi connectivity index (χ3v) is 3.24. The summed E-state index contributed by atoms with van der Waals surface area (Å²) in [6.45, 7) is 2.51. The Bertz CT molecular complexity index is 569. The summed E-state index contributed by atoms with van der Waals surface area (Å²) in [5, 5.41) is 0. The summed E-state index contributed by atoms with van der Waals surface area (Å²) in [6.07, 6.45) is 1.80. The first-order valence-electron chi connectivity index (χ1n) is 6.20. The van der Waals surface area contributed by atoms with Crippen LogP contribution in [-0.4, -0.2) is 19.1 Å². The molecule has 0 aliphatic rings. The van der Waals surface area contributed by atoms with Gasteiger partial charge in [-0.2, -0.15) is 0 Å². The van der Waals surface area contributed by atoms with Gasteiger partial charge in [-0.1, -0.05) is 12.1 Å². The number of ether oxygens (including phenoxy) is 1. The quantitative estimate of drug-likeness (QED) is 0.914. The van der Waals surface area contributed by atoms with Gasteiger partial charge in [-0.05, 0) is 30.7 Å². The molecule has 2 N–H and O–H groups in total. The Morgan fingerprint density at radius 3 is 2.68 bits per heavy atom. The van der Waals surface area contributed by atoms with Crippen LogP contribution in [0.25, 0.3) is 0 Å². The van der Waals surface area contributed by atoms with Crippen molar-refractivity contribution < 1.29 is 4.74 Å². The molecule has 0 fully saturated rings. The summed E-state index contributed by atoms with van der Waals surface area (Å²) in [7, 11) is 3.64. The second kappa shape index (κ2) is 5.71. The molecule has 2 aromatic rings. The number of rotatable bonds is 4. The van der Waals surface area contributed by atoms with E-state index >= 15 is 0 Å². The fraction of sp³-hybridized carbons (Fsp3) is 0.267. The number of aromatic nitrogens is 1. The predicted octanol–water partition coefficient (Wildman–Crippen LogP) is 2.63. The molecular weight excluding hydrogens is 238 g/mol. The summed E-state index contributed by atoms with van der Waals surface area (Å²) in [6, 6.07) is 9.84. The number of anilines is 2. The number of pyridine rings is 1. The molecule has 0 amide bonds. The highest BCUT2D eigenvalue weighted by atomic mass is 16.5. The van der Waals surface area contributed by atoms with Crippen molar-refractivity contribution in [2.24, 2.45) is 5.73 Å². The van der Waals surface area contributed by atoms with Crippen LogP contribution >= 0.6 is 0 Å². The minimum absolute atomic E-state index is 0.467. The molecule has 1 aromatic carbocycles. The van der Waals surface area contributed by atoms with Gasteiger partial charge in [0.25, 0.3) is 0 Å². The molecule has 0 saturated heterocycles. The maximum Gasteiger partial charge on any atom is 0.142 e. The van der Waals surface area contributed by atoms with Crippen LogP contribution in [0.3, 0.4) is 0 Å². The molecule has 0 spiro atoms. The highest BCUT2D eigenvalue weighted by Gasteiger charge is 2.14. The van der Waals surface area contributed by atoms with E-state index in [4.69, 9.17) is 10.5 Å². The molecule has 4 nitrogen and oxygen atoms in total. The molecule has 0 aliphatic heterocycles. The van der Waals surface area contributed by atoms with E-state index in [1.165, 1.54) is 0 Å². The molecule has 1 heterocycles. The van der Waals surface area contributed by atoms with Crippen LogP contribution < -0.4 is 15.4 Å². The lowest BCUT2D eigenvalue weighted by Gasteiger charge is -2.23. The van der Waals surface area contributed by atoms with Crippen LogP contribution in [0.1, 0.15) is 11.1 Å². The monoisotopic (exact) mass is 257 g/mol. The van der Waals surface area contributed by atoms with Crippen LogP contribution in [0.15, 0.2) is 36.5 Å². The second-order valence-corrected chi connectivity index (χ2v) is 4.37. The zero-order chi connectivity index (χ0) is 13.8. The average Bonchev–Trinajstić information content (AvgIpc) is 2.46. The minimum atomic E-state index is 0.467. The molecule has 0 radical (unpaired) electrons. The van der Waals surface area contributed by atoms with Gasteiger partial charge < -0.3 is 15.4 Å². The lowest BCUT2D eigenvalue weighted by atomic mass is 10.1. The molecule has 100 valence electrons. The first-order chi connectivity index (χ1) is 9.19. The van der Waals surface area contributed by atoms with Crippen molar-refractivity contribution in [1.29, 1.82) is 0 Å². The molecule has 0 saturated carbocycles. The summed E-state index contributed by atoms with van der Waals surface area (Å²) < 4.78 is 5.39. The Morgan fingerprint density at radius 2 is 2.00 bits per heavy atom. The third kappa shape index (κ3) is 2.53. The maximum atomic E-state index is 5.84. The van der Waals surface area contributed by atoms with Gasteiger partial charge in [0, 0.05) is 25.4 Å². The van der Waals surface area contributed by atoms with E-state index < -0.39 is 0 Å². The normalized spacial score (nSPS) is 10.3. The van der Waals surface area contributed by atoms with Gasteiger partial charge in [0.1, 0.15) is 11.6 Å². The Morgan fingerprint density at radius 1 is 1.26 bits per heavy atom. The smallest absolute Gasteiger partial charge is 0.142 e. The number of benzene rings is 1. The number of nitrogens with zero attached hydrogens (tertiary/aromatic N) is 2. The lowest BCUT2D eigenvalue weighted by molar-refractivity contribution is 0.415. The minimum Gasteiger partial charge on any atom is -0.495 e. The molecular formula is C15H19N3O. The highest BCUT2D eigenvalue weighted by molar-refractivity contribution is 5.68. The van der Waals surface area contributed by atoms with Crippen molar-refractivity contribution in [3.63, 3.8) is 0 Å². The van der Waals surface area contributed by atoms with Crippen molar-refractivity contribution in [1.82, 2.24) is 4.98 Å². The highest BCUT2D eigenvalue weighted by Crippen LogP contribution is 2.33. The van der Waals surface area contributed by atoms with Gasteiger partial charge in [0.2, 0.25) is 0 Å². The molecule has 2 rings (SSSR count). The van der Waals surface area contributed by atoms with Crippen LogP contribution in [-0.2, 0) is 6.54 Å². The predicted molar refractivity (Wildman–Crippen MR) is 77.9 cm³/mol. The first kappa shape index (κ1) is 13.4. The molecule has 0 aliphatic carbocycles. The zero-order valence-corrected chi connectivity index (χ0v) is 11.6. The van der Waals surface area contributed by atoms with Gasteiger partial charge in [-0.15, -0.1) is 0 Å². The molecule has 1 aromatic heterocycles. The molecule has 4 heteroatoms. The van der Waals surface area contributed by atoms with Gasteiger partial charge in [-0.25, -0.2) is 4.98 Å². The Labute approximate surface area is 113 Å². The van der Waals surface area contributed by atoms with E-state index in [2.05, 4.69) is 4.98 Å². The summed E-state index contributed by atoms with van der Waals surface area (Å²) in [4.78, 5) is 6.46. The number of hydrogen-bond acceptors (Lipinski definition) is 4. The number of nitrogens with two attached hydrogens (primary N) is 1. The number of para-hydroxylation sites is 2. The summed E-state index contributed by atoms with van der Waals surface area (Å²) in [5.41, 5.74) is 9.01. The fourth-order valence-corrected chi connectivity index (χ4v) is 2.14. The summed E-state index contributed by atoms with van der Waals surface area (Å²) in [5.74, 6) is 1.68. The van der Waals surface area contributed by atoms with E-state index in [1.54, 1.807) is 13.3 Å². The standard InChI is InChI=1S/C15H19N3O/c1-11-8-9-17-15(12(11)10-16)18(2)13-6-4-5-7-14(13)19-3/h4-9H,10,16H2,1-3H3. The van der Waals surface area contributed by atoms with E-state index in [0.717, 1.165) is 28.4 Å². The van der Waals surface area contributed by atoms with Gasteiger partial charge in [-0.3, -0.25) is 0 Å². The van der Waals surface area contributed by atoms with Crippen molar-refractivity contribution >= 4 is 11.5 Å². The van der Waals surface area contributed by atoms with E-state index in [1.807, 2.05) is 49.2 Å². The number of hydrogen-bond donors (Lipinski definition) is 1. The Kier molecular flexibility index (Phi) is 4.02. The number of aryl methyl sites for hydroxylation is 1.